The smallest absolute Gasteiger partial charge is 0.339 e. The zero-order valence-corrected chi connectivity index (χ0v) is 15.6. The van der Waals surface area contributed by atoms with E-state index in [0.29, 0.717) is 0 Å². The van der Waals surface area contributed by atoms with E-state index in [1.165, 1.54) is 0 Å². The van der Waals surface area contributed by atoms with Gasteiger partial charge < -0.3 is 17.7 Å². The highest BCUT2D eigenvalue weighted by Crippen LogP contribution is 2.31. The van der Waals surface area contributed by atoms with Gasteiger partial charge >= 0.3 is 17.1 Å². The molecule has 0 saturated carbocycles. The second-order valence-electron chi connectivity index (χ2n) is 5.02. The van der Waals surface area contributed by atoms with Crippen molar-refractivity contribution in [1.29, 1.82) is 0 Å². The van der Waals surface area contributed by atoms with Gasteiger partial charge in [-0.15, -0.1) is 0 Å². The molecule has 0 unspecified atom stereocenters. The van der Waals surface area contributed by atoms with Gasteiger partial charge in [0, 0.05) is 34.1 Å². The lowest BCUT2D eigenvalue weighted by atomic mass is 10.4. The van der Waals surface area contributed by atoms with Crippen LogP contribution in [0.2, 0.25) is 17.8 Å². The summed E-state index contributed by atoms with van der Waals surface area (Å²) >= 11 is 0. The SMILES string of the molecule is CCCC[Si](C[Si](CCCC)(OC)OC)(OC)OC. The van der Waals surface area contributed by atoms with Gasteiger partial charge in [0.15, 0.2) is 0 Å². The van der Waals surface area contributed by atoms with Crippen molar-refractivity contribution in [2.75, 3.05) is 28.4 Å². The predicted octanol–water partition coefficient (Wildman–Crippen LogP) is 3.60. The fourth-order valence-electron chi connectivity index (χ4n) is 2.34. The summed E-state index contributed by atoms with van der Waals surface area (Å²) in [5, 5.41) is 0. The molecule has 0 heterocycles. The van der Waals surface area contributed by atoms with Crippen molar-refractivity contribution < 1.29 is 17.7 Å². The van der Waals surface area contributed by atoms with Gasteiger partial charge in [0.1, 0.15) is 0 Å². The van der Waals surface area contributed by atoms with Gasteiger partial charge in [-0.25, -0.2) is 0 Å². The van der Waals surface area contributed by atoms with Gasteiger partial charge in [0.2, 0.25) is 0 Å². The molecule has 0 fully saturated rings. The first kappa shape index (κ1) is 19.3. The monoisotopic (exact) mass is 308 g/mol. The third-order valence-electron chi connectivity index (χ3n) is 3.85. The van der Waals surface area contributed by atoms with Gasteiger partial charge in [-0.2, -0.15) is 0 Å². The van der Waals surface area contributed by atoms with Gasteiger partial charge in [0.05, 0.1) is 0 Å². The minimum atomic E-state index is -2.18. The van der Waals surface area contributed by atoms with Crippen LogP contribution in [0, 0.1) is 0 Å². The maximum atomic E-state index is 5.82. The zero-order valence-electron chi connectivity index (χ0n) is 13.6. The summed E-state index contributed by atoms with van der Waals surface area (Å²) in [5.74, 6) is 0. The van der Waals surface area contributed by atoms with Crippen LogP contribution in [0.15, 0.2) is 0 Å². The third-order valence-corrected chi connectivity index (χ3v) is 13.4. The molecule has 0 aliphatic carbocycles. The molecule has 19 heavy (non-hydrogen) atoms. The zero-order chi connectivity index (χ0) is 14.8. The molecule has 116 valence electrons. The Morgan fingerprint density at radius 2 is 0.947 bits per heavy atom. The minimum Gasteiger partial charge on any atom is -0.398 e. The molecule has 6 heteroatoms. The van der Waals surface area contributed by atoms with E-state index in [4.69, 9.17) is 17.7 Å². The number of hydrogen-bond acceptors (Lipinski definition) is 4. The number of hydrogen-bond donors (Lipinski definition) is 0. The van der Waals surface area contributed by atoms with Crippen molar-refractivity contribution in [3.8, 4) is 0 Å². The second-order valence-corrected chi connectivity index (χ2v) is 12.7. The fraction of sp³-hybridized carbons (Fsp3) is 1.00. The van der Waals surface area contributed by atoms with Crippen LogP contribution in [0.3, 0.4) is 0 Å². The van der Waals surface area contributed by atoms with Crippen molar-refractivity contribution in [2.45, 2.75) is 57.3 Å². The normalized spacial score (nSPS) is 12.9. The van der Waals surface area contributed by atoms with Gasteiger partial charge in [-0.1, -0.05) is 39.5 Å². The van der Waals surface area contributed by atoms with Gasteiger partial charge in [-0.3, -0.25) is 0 Å². The van der Waals surface area contributed by atoms with Crippen LogP contribution < -0.4 is 0 Å². The highest BCUT2D eigenvalue weighted by atomic mass is 28.4. The Morgan fingerprint density at radius 3 is 1.16 bits per heavy atom. The molecule has 0 aromatic heterocycles. The second kappa shape index (κ2) is 10.1. The van der Waals surface area contributed by atoms with Crippen molar-refractivity contribution in [2.24, 2.45) is 0 Å². The van der Waals surface area contributed by atoms with Crippen LogP contribution >= 0.6 is 0 Å². The molecular weight excluding hydrogens is 276 g/mol. The lowest BCUT2D eigenvalue weighted by Crippen LogP contribution is -2.53. The van der Waals surface area contributed by atoms with Crippen molar-refractivity contribution >= 4 is 17.1 Å². The topological polar surface area (TPSA) is 36.9 Å². The lowest BCUT2D eigenvalue weighted by molar-refractivity contribution is 0.217. The van der Waals surface area contributed by atoms with E-state index >= 15 is 0 Å². The molecule has 0 aliphatic heterocycles. The lowest BCUT2D eigenvalue weighted by Gasteiger charge is -2.36. The number of unbranched alkanes of at least 4 members (excludes halogenated alkanes) is 2. The summed E-state index contributed by atoms with van der Waals surface area (Å²) in [4.78, 5) is 0. The molecule has 0 N–H and O–H groups in total. The summed E-state index contributed by atoms with van der Waals surface area (Å²) < 4.78 is 23.3. The molecule has 0 aromatic rings. The summed E-state index contributed by atoms with van der Waals surface area (Å²) in [7, 11) is 2.73. The molecule has 0 amide bonds. The van der Waals surface area contributed by atoms with Crippen LogP contribution in [-0.2, 0) is 17.7 Å². The Kier molecular flexibility index (Phi) is 10.2. The molecule has 0 aliphatic rings. The Labute approximate surface area is 121 Å². The van der Waals surface area contributed by atoms with Crippen molar-refractivity contribution in [3.05, 3.63) is 0 Å². The third kappa shape index (κ3) is 6.05. The molecule has 0 atom stereocenters. The van der Waals surface area contributed by atoms with Crippen molar-refractivity contribution in [1.82, 2.24) is 0 Å². The van der Waals surface area contributed by atoms with E-state index in [2.05, 4.69) is 13.8 Å². The van der Waals surface area contributed by atoms with E-state index in [9.17, 15) is 0 Å². The average molecular weight is 309 g/mol. The first-order valence-electron chi connectivity index (χ1n) is 7.28. The van der Waals surface area contributed by atoms with Crippen LogP contribution in [0.25, 0.3) is 0 Å². The Balaban J connectivity index is 4.90. The van der Waals surface area contributed by atoms with E-state index in [1.54, 1.807) is 28.4 Å². The largest absolute Gasteiger partial charge is 0.398 e. The Bertz CT molecular complexity index is 197. The maximum Gasteiger partial charge on any atom is 0.339 e. The maximum absolute atomic E-state index is 5.82. The summed E-state index contributed by atoms with van der Waals surface area (Å²) in [6.07, 6.45) is 4.59. The fourth-order valence-corrected chi connectivity index (χ4v) is 12.3. The quantitative estimate of drug-likeness (QED) is 0.516. The highest BCUT2D eigenvalue weighted by molar-refractivity contribution is 6.86. The average Bonchev–Trinajstić information content (AvgIpc) is 2.48. The molecule has 0 rings (SSSR count). The summed E-state index contributed by atoms with van der Waals surface area (Å²) in [6.45, 7) is 4.39. The first-order chi connectivity index (χ1) is 9.07. The van der Waals surface area contributed by atoms with Crippen LogP contribution in [-0.4, -0.2) is 45.6 Å². The van der Waals surface area contributed by atoms with E-state index in [0.717, 1.165) is 43.4 Å². The Hall–Kier alpha value is 0.274. The molecule has 0 bridgehead atoms. The van der Waals surface area contributed by atoms with E-state index in [-0.39, 0.29) is 0 Å². The standard InChI is InChI=1S/C13H32O4Si2/c1-7-9-11-18(14-3,15-4)13-19(16-5,17-6)12-10-8-2/h7-13H2,1-6H3. The van der Waals surface area contributed by atoms with Crippen molar-refractivity contribution in [3.63, 3.8) is 0 Å². The van der Waals surface area contributed by atoms with Crippen LogP contribution in [0.4, 0.5) is 0 Å². The number of rotatable bonds is 12. The summed E-state index contributed by atoms with van der Waals surface area (Å²) in [5.41, 5.74) is 0.861. The van der Waals surface area contributed by atoms with Crippen LogP contribution in [0.1, 0.15) is 39.5 Å². The highest BCUT2D eigenvalue weighted by Gasteiger charge is 2.48. The molecule has 0 saturated heterocycles. The summed E-state index contributed by atoms with van der Waals surface area (Å²) in [6, 6.07) is 2.04. The molecular formula is C13H32O4Si2. The van der Waals surface area contributed by atoms with E-state index in [1.807, 2.05) is 0 Å². The molecule has 0 spiro atoms. The minimum absolute atomic E-state index is 0.861. The molecule has 0 radical (unpaired) electrons. The molecule has 4 nitrogen and oxygen atoms in total. The van der Waals surface area contributed by atoms with E-state index < -0.39 is 17.1 Å². The predicted molar refractivity (Wildman–Crippen MR) is 83.8 cm³/mol. The Morgan fingerprint density at radius 1 is 0.632 bits per heavy atom. The van der Waals surface area contributed by atoms with Gasteiger partial charge in [0.25, 0.3) is 0 Å². The first-order valence-corrected chi connectivity index (χ1v) is 11.7. The molecule has 0 aromatic carbocycles. The van der Waals surface area contributed by atoms with Gasteiger partial charge in [-0.05, 0) is 12.1 Å². The van der Waals surface area contributed by atoms with Crippen LogP contribution in [0.5, 0.6) is 0 Å².